The highest BCUT2D eigenvalue weighted by Gasteiger charge is 2.19. The van der Waals surface area contributed by atoms with Crippen molar-refractivity contribution in [1.29, 1.82) is 0 Å². The number of benzene rings is 1. The minimum atomic E-state index is -0.216. The van der Waals surface area contributed by atoms with E-state index >= 15 is 0 Å². The number of nitrogens with one attached hydrogen (secondary N) is 2. The summed E-state index contributed by atoms with van der Waals surface area (Å²) in [5.41, 5.74) is 1.21. The summed E-state index contributed by atoms with van der Waals surface area (Å²) in [6.07, 6.45) is 4.89. The molecule has 9 nitrogen and oxygen atoms in total. The number of likely N-dealkylation sites (N-methyl/N-ethyl adjacent to an activating group) is 1. The number of para-hydroxylation sites is 1. The van der Waals surface area contributed by atoms with Crippen molar-refractivity contribution in [1.82, 2.24) is 24.8 Å². The minimum Gasteiger partial charge on any atom is -0.338 e. The highest BCUT2D eigenvalue weighted by Crippen LogP contribution is 2.18. The highest BCUT2D eigenvalue weighted by atomic mass is 16.1. The van der Waals surface area contributed by atoms with Crippen molar-refractivity contribution in [2.24, 2.45) is 0 Å². The van der Waals surface area contributed by atoms with Gasteiger partial charge in [0.1, 0.15) is 11.6 Å². The largest absolute Gasteiger partial charge is 0.338 e. The maximum Gasteiger partial charge on any atom is 0.255 e. The van der Waals surface area contributed by atoms with E-state index in [4.69, 9.17) is 0 Å². The smallest absolute Gasteiger partial charge is 0.255 e. The van der Waals surface area contributed by atoms with Gasteiger partial charge >= 0.3 is 0 Å². The molecule has 0 saturated carbocycles. The molecule has 0 spiro atoms. The fraction of sp³-hybridized carbons (Fsp3) is 0.292. The number of pyridine rings is 1. The van der Waals surface area contributed by atoms with Crippen molar-refractivity contribution in [2.45, 2.75) is 12.8 Å². The Hall–Kier alpha value is -3.85. The highest BCUT2D eigenvalue weighted by molar-refractivity contribution is 6.04. The predicted octanol–water partition coefficient (Wildman–Crippen LogP) is 3.13. The van der Waals surface area contributed by atoms with Gasteiger partial charge in [0.25, 0.3) is 5.91 Å². The normalized spacial score (nSPS) is 14.0. The molecule has 1 saturated heterocycles. The summed E-state index contributed by atoms with van der Waals surface area (Å²) in [5, 5.41) is 6.03. The molecule has 0 aliphatic carbocycles. The van der Waals surface area contributed by atoms with Crippen molar-refractivity contribution in [3.05, 3.63) is 72.7 Å². The van der Waals surface area contributed by atoms with Gasteiger partial charge in [-0.2, -0.15) is 15.0 Å². The van der Waals surface area contributed by atoms with Crippen LogP contribution in [0.25, 0.3) is 0 Å². The molecule has 0 bridgehead atoms. The van der Waals surface area contributed by atoms with E-state index in [9.17, 15) is 4.79 Å². The summed E-state index contributed by atoms with van der Waals surface area (Å²) in [4.78, 5) is 35.3. The van der Waals surface area contributed by atoms with E-state index in [-0.39, 0.29) is 5.91 Å². The van der Waals surface area contributed by atoms with Crippen molar-refractivity contribution < 1.29 is 4.79 Å². The molecule has 1 aliphatic heterocycles. The number of hydrogen-bond acceptors (Lipinski definition) is 8. The third-order valence-corrected chi connectivity index (χ3v) is 5.32. The number of carbonyl (C=O) groups is 1. The Morgan fingerprint density at radius 3 is 2.64 bits per heavy atom. The number of rotatable bonds is 8. The van der Waals surface area contributed by atoms with Gasteiger partial charge in [0.15, 0.2) is 0 Å². The number of nitrogens with zero attached hydrogens (tertiary/aromatic N) is 6. The average Bonchev–Trinajstić information content (AvgIpc) is 2.84. The SMILES string of the molecule is C=CCCc1nc(Nc2cc(C(=O)Nc3ccccc3)ccn2)nc(N2CCN(C)CC2)n1. The molecule has 2 N–H and O–H groups in total. The Bertz CT molecular complexity index is 1100. The van der Waals surface area contributed by atoms with Crippen LogP contribution in [0.3, 0.4) is 0 Å². The van der Waals surface area contributed by atoms with Gasteiger partial charge in [-0.15, -0.1) is 6.58 Å². The fourth-order valence-electron chi connectivity index (χ4n) is 3.43. The van der Waals surface area contributed by atoms with E-state index in [1.165, 1.54) is 0 Å². The molecule has 170 valence electrons. The zero-order chi connectivity index (χ0) is 23.0. The number of hydrogen-bond donors (Lipinski definition) is 2. The van der Waals surface area contributed by atoms with Gasteiger partial charge < -0.3 is 20.4 Å². The second-order valence-electron chi connectivity index (χ2n) is 7.87. The maximum atomic E-state index is 12.7. The third-order valence-electron chi connectivity index (χ3n) is 5.32. The van der Waals surface area contributed by atoms with Crippen LogP contribution < -0.4 is 15.5 Å². The van der Waals surface area contributed by atoms with Gasteiger partial charge in [-0.1, -0.05) is 24.3 Å². The predicted molar refractivity (Wildman–Crippen MR) is 130 cm³/mol. The maximum absolute atomic E-state index is 12.7. The number of allylic oxidation sites excluding steroid dienone is 1. The van der Waals surface area contributed by atoms with E-state index < -0.39 is 0 Å². The van der Waals surface area contributed by atoms with Crippen LogP contribution in [0.4, 0.5) is 23.4 Å². The molecule has 33 heavy (non-hydrogen) atoms. The second-order valence-corrected chi connectivity index (χ2v) is 7.87. The first-order valence-electron chi connectivity index (χ1n) is 11.0. The third kappa shape index (κ3) is 6.11. The van der Waals surface area contributed by atoms with E-state index in [1.807, 2.05) is 36.4 Å². The lowest BCUT2D eigenvalue weighted by Gasteiger charge is -2.32. The molecule has 3 aromatic rings. The van der Waals surface area contributed by atoms with Crippen molar-refractivity contribution >= 4 is 29.3 Å². The Labute approximate surface area is 193 Å². The molecule has 4 rings (SSSR count). The fourth-order valence-corrected chi connectivity index (χ4v) is 3.43. The van der Waals surface area contributed by atoms with Crippen LogP contribution in [0.1, 0.15) is 22.6 Å². The quantitative estimate of drug-likeness (QED) is 0.511. The summed E-state index contributed by atoms with van der Waals surface area (Å²) >= 11 is 0. The lowest BCUT2D eigenvalue weighted by atomic mass is 10.2. The van der Waals surface area contributed by atoms with Gasteiger partial charge in [0.2, 0.25) is 11.9 Å². The molecule has 0 unspecified atom stereocenters. The van der Waals surface area contributed by atoms with Crippen LogP contribution in [0, 0.1) is 0 Å². The van der Waals surface area contributed by atoms with Crippen molar-refractivity contribution in [3.8, 4) is 0 Å². The summed E-state index contributed by atoms with van der Waals surface area (Å²) in [6.45, 7) is 7.41. The van der Waals surface area contributed by atoms with E-state index in [1.54, 1.807) is 18.3 Å². The number of carbonyl (C=O) groups excluding carboxylic acids is 1. The number of aryl methyl sites for hydroxylation is 1. The van der Waals surface area contributed by atoms with Gasteiger partial charge in [-0.25, -0.2) is 4.98 Å². The van der Waals surface area contributed by atoms with Crippen LogP contribution in [0.2, 0.25) is 0 Å². The number of aromatic nitrogens is 4. The van der Waals surface area contributed by atoms with Crippen molar-refractivity contribution in [2.75, 3.05) is 48.8 Å². The molecular weight excluding hydrogens is 416 g/mol. The van der Waals surface area contributed by atoms with Crippen LogP contribution in [0.5, 0.6) is 0 Å². The molecule has 1 fully saturated rings. The summed E-state index contributed by atoms with van der Waals surface area (Å²) in [6, 6.07) is 12.7. The zero-order valence-electron chi connectivity index (χ0n) is 18.7. The van der Waals surface area contributed by atoms with Gasteiger partial charge in [-0.3, -0.25) is 4.79 Å². The van der Waals surface area contributed by atoms with E-state index in [0.29, 0.717) is 35.5 Å². The van der Waals surface area contributed by atoms with E-state index in [2.05, 4.69) is 54.0 Å². The first-order chi connectivity index (χ1) is 16.1. The summed E-state index contributed by atoms with van der Waals surface area (Å²) in [5.74, 6) is 2.02. The Balaban J connectivity index is 1.53. The van der Waals surface area contributed by atoms with Gasteiger partial charge in [-0.05, 0) is 37.7 Å². The first-order valence-corrected chi connectivity index (χ1v) is 11.0. The average molecular weight is 445 g/mol. The molecule has 1 aliphatic rings. The first kappa shape index (κ1) is 22.3. The van der Waals surface area contributed by atoms with Gasteiger partial charge in [0.05, 0.1) is 0 Å². The van der Waals surface area contributed by atoms with E-state index in [0.717, 1.165) is 38.3 Å². The molecule has 1 amide bonds. The van der Waals surface area contributed by atoms with Crippen LogP contribution in [-0.4, -0.2) is 64.0 Å². The minimum absolute atomic E-state index is 0.216. The molecule has 2 aromatic heterocycles. The molecule has 9 heteroatoms. The Kier molecular flexibility index (Phi) is 7.21. The second kappa shape index (κ2) is 10.6. The number of piperazine rings is 1. The molecule has 3 heterocycles. The number of amides is 1. The molecule has 0 radical (unpaired) electrons. The monoisotopic (exact) mass is 444 g/mol. The number of anilines is 4. The van der Waals surface area contributed by atoms with Gasteiger partial charge in [0, 0.05) is 50.0 Å². The zero-order valence-corrected chi connectivity index (χ0v) is 18.7. The topological polar surface area (TPSA) is 99.2 Å². The molecule has 0 atom stereocenters. The Morgan fingerprint density at radius 2 is 1.88 bits per heavy atom. The van der Waals surface area contributed by atoms with Crippen LogP contribution >= 0.6 is 0 Å². The van der Waals surface area contributed by atoms with Crippen LogP contribution in [-0.2, 0) is 6.42 Å². The van der Waals surface area contributed by atoms with Crippen molar-refractivity contribution in [3.63, 3.8) is 0 Å². The molecule has 1 aromatic carbocycles. The summed E-state index contributed by atoms with van der Waals surface area (Å²) in [7, 11) is 2.11. The lowest BCUT2D eigenvalue weighted by Crippen LogP contribution is -2.45. The van der Waals surface area contributed by atoms with Crippen LogP contribution in [0.15, 0.2) is 61.3 Å². The Morgan fingerprint density at radius 1 is 1.09 bits per heavy atom. The molecular formula is C24H28N8O. The lowest BCUT2D eigenvalue weighted by molar-refractivity contribution is 0.102. The summed E-state index contributed by atoms with van der Waals surface area (Å²) < 4.78 is 0. The standard InChI is InChI=1S/C24H28N8O/c1-3-4-10-20-27-23(30-24(29-20)32-15-13-31(2)14-16-32)28-21-17-18(11-12-25-21)22(33)26-19-8-6-5-7-9-19/h3,5-9,11-12,17H,1,4,10,13-16H2,2H3,(H,26,33)(H,25,27,28,29,30).